The van der Waals surface area contributed by atoms with Crippen LogP contribution in [0.15, 0.2) is 16.6 Å². The van der Waals surface area contributed by atoms with E-state index in [9.17, 15) is 0 Å². The summed E-state index contributed by atoms with van der Waals surface area (Å²) in [6.45, 7) is 0. The molecule has 4 heteroatoms. The van der Waals surface area contributed by atoms with Gasteiger partial charge in [-0.3, -0.25) is 0 Å². The van der Waals surface area contributed by atoms with Crippen molar-refractivity contribution >= 4 is 27.7 Å². The quantitative estimate of drug-likeness (QED) is 0.862. The minimum atomic E-state index is 0.0995. The Labute approximate surface area is 103 Å². The number of nitrogens with two attached hydrogens (primary N) is 1. The van der Waals surface area contributed by atoms with Crippen LogP contribution in [0.25, 0.3) is 0 Å². The van der Waals surface area contributed by atoms with Gasteiger partial charge in [0.25, 0.3) is 0 Å². The standard InChI is InChI=1S/C11H14BrNOS/c1-14-10-3-2-8(12)7-6-15-5-4-9(13)11(7)10/h2-3,9H,4-6,13H2,1H3/t9-/m1/s1. The van der Waals surface area contributed by atoms with Crippen molar-refractivity contribution in [1.82, 2.24) is 0 Å². The summed E-state index contributed by atoms with van der Waals surface area (Å²) in [6, 6.07) is 4.12. The highest BCUT2D eigenvalue weighted by Crippen LogP contribution is 2.39. The lowest BCUT2D eigenvalue weighted by Gasteiger charge is -2.17. The number of halogens is 1. The van der Waals surface area contributed by atoms with Crippen LogP contribution in [0, 0.1) is 0 Å². The molecule has 15 heavy (non-hydrogen) atoms. The van der Waals surface area contributed by atoms with Gasteiger partial charge in [0.2, 0.25) is 0 Å². The normalized spacial score (nSPS) is 20.6. The van der Waals surface area contributed by atoms with Gasteiger partial charge in [0.1, 0.15) is 5.75 Å². The number of rotatable bonds is 1. The van der Waals surface area contributed by atoms with Crippen LogP contribution in [-0.2, 0) is 5.75 Å². The molecule has 0 bridgehead atoms. The Balaban J connectivity index is 2.56. The molecular weight excluding hydrogens is 274 g/mol. The van der Waals surface area contributed by atoms with Crippen molar-refractivity contribution < 1.29 is 4.74 Å². The number of thioether (sulfide) groups is 1. The molecule has 2 rings (SSSR count). The van der Waals surface area contributed by atoms with Crippen molar-refractivity contribution in [3.63, 3.8) is 0 Å². The van der Waals surface area contributed by atoms with Gasteiger partial charge in [-0.25, -0.2) is 0 Å². The second-order valence-corrected chi connectivity index (χ2v) is 5.55. The van der Waals surface area contributed by atoms with E-state index in [0.29, 0.717) is 0 Å². The van der Waals surface area contributed by atoms with E-state index < -0.39 is 0 Å². The Morgan fingerprint density at radius 1 is 1.53 bits per heavy atom. The Hall–Kier alpha value is -0.190. The van der Waals surface area contributed by atoms with Gasteiger partial charge in [-0.2, -0.15) is 11.8 Å². The molecule has 0 fully saturated rings. The third-order valence-corrected chi connectivity index (χ3v) is 4.43. The van der Waals surface area contributed by atoms with Crippen LogP contribution in [0.2, 0.25) is 0 Å². The summed E-state index contributed by atoms with van der Waals surface area (Å²) in [5.41, 5.74) is 8.65. The van der Waals surface area contributed by atoms with Crippen LogP contribution in [0.5, 0.6) is 5.75 Å². The first-order valence-corrected chi connectivity index (χ1v) is 6.87. The average molecular weight is 288 g/mol. The Morgan fingerprint density at radius 2 is 2.33 bits per heavy atom. The highest BCUT2D eigenvalue weighted by atomic mass is 79.9. The molecule has 1 atom stereocenters. The summed E-state index contributed by atoms with van der Waals surface area (Å²) in [5.74, 6) is 3.05. The van der Waals surface area contributed by atoms with Crippen LogP contribution in [-0.4, -0.2) is 12.9 Å². The van der Waals surface area contributed by atoms with Gasteiger partial charge in [0, 0.05) is 21.8 Å². The topological polar surface area (TPSA) is 35.2 Å². The van der Waals surface area contributed by atoms with Crippen LogP contribution in [0.3, 0.4) is 0 Å². The molecular formula is C11H14BrNOS. The van der Waals surface area contributed by atoms with Gasteiger partial charge in [0.05, 0.1) is 7.11 Å². The molecule has 0 unspecified atom stereocenters. The maximum Gasteiger partial charge on any atom is 0.124 e. The minimum absolute atomic E-state index is 0.0995. The smallest absolute Gasteiger partial charge is 0.124 e. The molecule has 82 valence electrons. The zero-order valence-corrected chi connectivity index (χ0v) is 11.0. The van der Waals surface area contributed by atoms with Crippen molar-refractivity contribution in [2.75, 3.05) is 12.9 Å². The molecule has 0 saturated heterocycles. The van der Waals surface area contributed by atoms with E-state index >= 15 is 0 Å². The summed E-state index contributed by atoms with van der Waals surface area (Å²) < 4.78 is 6.53. The summed E-state index contributed by atoms with van der Waals surface area (Å²) in [7, 11) is 1.70. The fraction of sp³-hybridized carbons (Fsp3) is 0.455. The predicted octanol–water partition coefficient (Wildman–Crippen LogP) is 3.09. The van der Waals surface area contributed by atoms with Crippen molar-refractivity contribution in [2.24, 2.45) is 5.73 Å². The Kier molecular flexibility index (Phi) is 3.59. The lowest BCUT2D eigenvalue weighted by molar-refractivity contribution is 0.404. The van der Waals surface area contributed by atoms with Crippen molar-refractivity contribution in [3.8, 4) is 5.75 Å². The Bertz CT molecular complexity index is 370. The predicted molar refractivity (Wildman–Crippen MR) is 68.4 cm³/mol. The first kappa shape index (κ1) is 11.3. The SMILES string of the molecule is COc1ccc(Br)c2c1[C@H](N)CCSC2. The molecule has 1 aromatic carbocycles. The largest absolute Gasteiger partial charge is 0.496 e. The summed E-state index contributed by atoms with van der Waals surface area (Å²) >= 11 is 5.51. The van der Waals surface area contributed by atoms with Crippen LogP contribution in [0.1, 0.15) is 23.6 Å². The molecule has 0 aliphatic carbocycles. The van der Waals surface area contributed by atoms with Gasteiger partial charge < -0.3 is 10.5 Å². The number of ether oxygens (including phenoxy) is 1. The highest BCUT2D eigenvalue weighted by Gasteiger charge is 2.21. The second kappa shape index (κ2) is 4.76. The summed E-state index contributed by atoms with van der Waals surface area (Å²) in [4.78, 5) is 0. The van der Waals surface area contributed by atoms with Crippen molar-refractivity contribution in [3.05, 3.63) is 27.7 Å². The molecule has 1 aliphatic heterocycles. The molecule has 0 spiro atoms. The number of fused-ring (bicyclic) bond motifs is 1. The van der Waals surface area contributed by atoms with Gasteiger partial charge in [-0.15, -0.1) is 0 Å². The fourth-order valence-electron chi connectivity index (χ4n) is 1.88. The number of hydrogen-bond donors (Lipinski definition) is 1. The summed E-state index contributed by atoms with van der Waals surface area (Å²) in [6.07, 6.45) is 1.02. The van der Waals surface area contributed by atoms with Crippen molar-refractivity contribution in [1.29, 1.82) is 0 Å². The van der Waals surface area contributed by atoms with E-state index in [4.69, 9.17) is 10.5 Å². The third kappa shape index (κ3) is 2.17. The zero-order chi connectivity index (χ0) is 10.8. The van der Waals surface area contributed by atoms with Gasteiger partial charge in [-0.05, 0) is 29.9 Å². The van der Waals surface area contributed by atoms with Crippen molar-refractivity contribution in [2.45, 2.75) is 18.2 Å². The highest BCUT2D eigenvalue weighted by molar-refractivity contribution is 9.10. The lowest BCUT2D eigenvalue weighted by Crippen LogP contribution is -2.13. The average Bonchev–Trinajstić information content (AvgIpc) is 2.43. The Morgan fingerprint density at radius 3 is 3.07 bits per heavy atom. The molecule has 0 saturated carbocycles. The van der Waals surface area contributed by atoms with Crippen LogP contribution in [0.4, 0.5) is 0 Å². The first-order valence-electron chi connectivity index (χ1n) is 4.92. The zero-order valence-electron chi connectivity index (χ0n) is 8.63. The van der Waals surface area contributed by atoms with Gasteiger partial charge in [0.15, 0.2) is 0 Å². The van der Waals surface area contributed by atoms with Crippen LogP contribution < -0.4 is 10.5 Å². The fourth-order valence-corrected chi connectivity index (χ4v) is 3.63. The second-order valence-electron chi connectivity index (χ2n) is 3.59. The number of methoxy groups -OCH3 is 1. The molecule has 2 N–H and O–H groups in total. The number of hydrogen-bond acceptors (Lipinski definition) is 3. The third-order valence-electron chi connectivity index (χ3n) is 2.67. The monoisotopic (exact) mass is 287 g/mol. The first-order chi connectivity index (χ1) is 7.24. The molecule has 0 radical (unpaired) electrons. The van der Waals surface area contributed by atoms with Gasteiger partial charge in [-0.1, -0.05) is 15.9 Å². The molecule has 1 aromatic rings. The van der Waals surface area contributed by atoms with E-state index in [0.717, 1.165) is 28.1 Å². The molecule has 1 aliphatic rings. The van der Waals surface area contributed by atoms with Crippen LogP contribution >= 0.6 is 27.7 Å². The molecule has 0 amide bonds. The number of benzene rings is 1. The summed E-state index contributed by atoms with van der Waals surface area (Å²) in [5, 5.41) is 0. The van der Waals surface area contributed by atoms with E-state index in [-0.39, 0.29) is 6.04 Å². The minimum Gasteiger partial charge on any atom is -0.496 e. The van der Waals surface area contributed by atoms with Gasteiger partial charge >= 0.3 is 0 Å². The van der Waals surface area contributed by atoms with E-state index in [2.05, 4.69) is 15.9 Å². The maximum absolute atomic E-state index is 6.18. The van der Waals surface area contributed by atoms with E-state index in [1.54, 1.807) is 7.11 Å². The molecule has 0 aromatic heterocycles. The van der Waals surface area contributed by atoms with E-state index in [1.807, 2.05) is 23.9 Å². The maximum atomic E-state index is 6.18. The molecule has 1 heterocycles. The molecule has 2 nitrogen and oxygen atoms in total. The van der Waals surface area contributed by atoms with E-state index in [1.165, 1.54) is 11.1 Å². The lowest BCUT2D eigenvalue weighted by atomic mass is 9.99.